The predicted molar refractivity (Wildman–Crippen MR) is 86.0 cm³/mol. The molecule has 2 aromatic rings. The van der Waals surface area contributed by atoms with Gasteiger partial charge < -0.3 is 14.2 Å². The highest BCUT2D eigenvalue weighted by atomic mass is 79.9. The lowest BCUT2D eigenvalue weighted by atomic mass is 9.96. The van der Waals surface area contributed by atoms with Crippen molar-refractivity contribution in [2.75, 3.05) is 14.2 Å². The summed E-state index contributed by atoms with van der Waals surface area (Å²) in [5, 5.41) is 0. The lowest BCUT2D eigenvalue weighted by Gasteiger charge is -2.26. The van der Waals surface area contributed by atoms with Crippen LogP contribution >= 0.6 is 15.9 Å². The van der Waals surface area contributed by atoms with Gasteiger partial charge in [0.2, 0.25) is 0 Å². The van der Waals surface area contributed by atoms with Crippen LogP contribution < -0.4 is 14.2 Å². The Kier molecular flexibility index (Phi) is 4.07. The third-order valence-corrected chi connectivity index (χ3v) is 4.29. The summed E-state index contributed by atoms with van der Waals surface area (Å²) < 4.78 is 17.2. The molecular weight excluding hydrogens is 348 g/mol. The number of methoxy groups -OCH3 is 2. The molecule has 1 atom stereocenters. The summed E-state index contributed by atoms with van der Waals surface area (Å²) in [6, 6.07) is 11.0. The standard InChI is InChI=1S/C17H15BrO4/c1-20-11-4-6-15-12(8-11)14(19)9-17(22-15)10-3-5-16(21-2)13(18)7-10/h3-8,17H,9H2,1-2H3. The normalized spacial score (nSPS) is 16.7. The van der Waals surface area contributed by atoms with E-state index in [1.165, 1.54) is 0 Å². The molecule has 114 valence electrons. The molecule has 0 spiro atoms. The van der Waals surface area contributed by atoms with E-state index >= 15 is 0 Å². The van der Waals surface area contributed by atoms with Gasteiger partial charge in [-0.15, -0.1) is 0 Å². The number of hydrogen-bond donors (Lipinski definition) is 0. The molecule has 0 saturated heterocycles. The van der Waals surface area contributed by atoms with Crippen LogP contribution in [0.15, 0.2) is 40.9 Å². The third-order valence-electron chi connectivity index (χ3n) is 3.67. The van der Waals surface area contributed by atoms with Gasteiger partial charge in [0.05, 0.1) is 30.7 Å². The molecule has 1 aliphatic rings. The number of ketones is 1. The summed E-state index contributed by atoms with van der Waals surface area (Å²) in [6.45, 7) is 0. The first-order valence-electron chi connectivity index (χ1n) is 6.83. The van der Waals surface area contributed by atoms with Gasteiger partial charge in [0.15, 0.2) is 5.78 Å². The molecule has 0 bridgehead atoms. The largest absolute Gasteiger partial charge is 0.497 e. The molecule has 0 aliphatic carbocycles. The molecule has 3 rings (SSSR count). The van der Waals surface area contributed by atoms with Crippen LogP contribution in [0.4, 0.5) is 0 Å². The first-order chi connectivity index (χ1) is 10.6. The van der Waals surface area contributed by atoms with Gasteiger partial charge in [0.25, 0.3) is 0 Å². The summed E-state index contributed by atoms with van der Waals surface area (Å²) in [6.07, 6.45) is 0.00876. The Hall–Kier alpha value is -2.01. The van der Waals surface area contributed by atoms with Crippen LogP contribution in [-0.2, 0) is 0 Å². The Labute approximate surface area is 137 Å². The molecule has 4 nitrogen and oxygen atoms in total. The Morgan fingerprint density at radius 3 is 2.64 bits per heavy atom. The van der Waals surface area contributed by atoms with Crippen LogP contribution in [0, 0.1) is 0 Å². The van der Waals surface area contributed by atoms with Crippen molar-refractivity contribution in [3.05, 3.63) is 52.0 Å². The highest BCUT2D eigenvalue weighted by molar-refractivity contribution is 9.10. The first-order valence-corrected chi connectivity index (χ1v) is 7.63. The van der Waals surface area contributed by atoms with Crippen molar-refractivity contribution in [3.63, 3.8) is 0 Å². The van der Waals surface area contributed by atoms with Crippen LogP contribution in [0.25, 0.3) is 0 Å². The molecule has 0 N–H and O–H groups in total. The summed E-state index contributed by atoms with van der Waals surface area (Å²) in [4.78, 5) is 12.4. The maximum Gasteiger partial charge on any atom is 0.170 e. The monoisotopic (exact) mass is 362 g/mol. The second-order valence-corrected chi connectivity index (χ2v) is 5.84. The molecule has 5 heteroatoms. The van der Waals surface area contributed by atoms with Gasteiger partial charge in [-0.25, -0.2) is 0 Å². The Morgan fingerprint density at radius 1 is 1.14 bits per heavy atom. The summed E-state index contributed by atoms with van der Waals surface area (Å²) in [5.41, 5.74) is 1.51. The van der Waals surface area contributed by atoms with E-state index in [0.29, 0.717) is 23.5 Å². The number of hydrogen-bond acceptors (Lipinski definition) is 4. The van der Waals surface area contributed by atoms with Crippen molar-refractivity contribution in [2.24, 2.45) is 0 Å². The number of rotatable bonds is 3. The minimum atomic E-state index is -0.296. The van der Waals surface area contributed by atoms with E-state index in [2.05, 4.69) is 15.9 Å². The van der Waals surface area contributed by atoms with E-state index in [9.17, 15) is 4.79 Å². The van der Waals surface area contributed by atoms with E-state index in [0.717, 1.165) is 15.8 Å². The van der Waals surface area contributed by atoms with Crippen LogP contribution in [-0.4, -0.2) is 20.0 Å². The van der Waals surface area contributed by atoms with Gasteiger partial charge in [-0.3, -0.25) is 4.79 Å². The number of carbonyl (C=O) groups excluding carboxylic acids is 1. The van der Waals surface area contributed by atoms with Crippen molar-refractivity contribution in [3.8, 4) is 17.2 Å². The van der Waals surface area contributed by atoms with E-state index < -0.39 is 0 Å². The number of ether oxygens (including phenoxy) is 3. The molecular formula is C17H15BrO4. The average Bonchev–Trinajstić information content (AvgIpc) is 2.54. The van der Waals surface area contributed by atoms with Gasteiger partial charge >= 0.3 is 0 Å². The van der Waals surface area contributed by atoms with Gasteiger partial charge in [-0.2, -0.15) is 0 Å². The number of halogens is 1. The number of carbonyl (C=O) groups is 1. The zero-order valence-corrected chi connectivity index (χ0v) is 13.8. The lowest BCUT2D eigenvalue weighted by molar-refractivity contribution is 0.0849. The molecule has 1 aliphatic heterocycles. The van der Waals surface area contributed by atoms with Crippen LogP contribution in [0.2, 0.25) is 0 Å². The van der Waals surface area contributed by atoms with Gasteiger partial charge in [-0.05, 0) is 51.8 Å². The van der Waals surface area contributed by atoms with Gasteiger partial charge in [0.1, 0.15) is 23.4 Å². The Balaban J connectivity index is 1.92. The SMILES string of the molecule is COc1ccc2c(c1)C(=O)CC(c1ccc(OC)c(Br)c1)O2. The fraction of sp³-hybridized carbons (Fsp3) is 0.235. The second-order valence-electron chi connectivity index (χ2n) is 4.99. The molecule has 2 aromatic carbocycles. The van der Waals surface area contributed by atoms with E-state index in [1.807, 2.05) is 18.2 Å². The fourth-order valence-corrected chi connectivity index (χ4v) is 3.06. The Bertz CT molecular complexity index is 727. The molecule has 22 heavy (non-hydrogen) atoms. The first kappa shape index (κ1) is 14.9. The number of benzene rings is 2. The summed E-state index contributed by atoms with van der Waals surface area (Å²) >= 11 is 3.46. The van der Waals surface area contributed by atoms with Crippen LogP contribution in [0.5, 0.6) is 17.2 Å². The maximum atomic E-state index is 12.4. The van der Waals surface area contributed by atoms with Crippen molar-refractivity contribution in [1.29, 1.82) is 0 Å². The minimum Gasteiger partial charge on any atom is -0.497 e. The zero-order valence-electron chi connectivity index (χ0n) is 12.3. The summed E-state index contributed by atoms with van der Waals surface area (Å²) in [7, 11) is 3.19. The van der Waals surface area contributed by atoms with Crippen molar-refractivity contribution >= 4 is 21.7 Å². The molecule has 0 fully saturated rings. The quantitative estimate of drug-likeness (QED) is 0.821. The van der Waals surface area contributed by atoms with E-state index in [1.54, 1.807) is 32.4 Å². The molecule has 0 saturated carbocycles. The molecule has 1 heterocycles. The zero-order chi connectivity index (χ0) is 15.7. The summed E-state index contributed by atoms with van der Waals surface area (Å²) in [5.74, 6) is 2.04. The predicted octanol–water partition coefficient (Wildman–Crippen LogP) is 4.17. The van der Waals surface area contributed by atoms with Gasteiger partial charge in [-0.1, -0.05) is 6.07 Å². The van der Waals surface area contributed by atoms with Gasteiger partial charge in [0, 0.05) is 0 Å². The second kappa shape index (κ2) is 6.01. The number of Topliss-reactive ketones (excluding diaryl/α,β-unsaturated/α-hetero) is 1. The van der Waals surface area contributed by atoms with Crippen LogP contribution in [0.3, 0.4) is 0 Å². The van der Waals surface area contributed by atoms with E-state index in [-0.39, 0.29) is 11.9 Å². The smallest absolute Gasteiger partial charge is 0.170 e. The maximum absolute atomic E-state index is 12.4. The fourth-order valence-electron chi connectivity index (χ4n) is 2.50. The lowest BCUT2D eigenvalue weighted by Crippen LogP contribution is -2.20. The molecule has 0 amide bonds. The van der Waals surface area contributed by atoms with Crippen LogP contribution in [0.1, 0.15) is 28.4 Å². The molecule has 1 unspecified atom stereocenters. The topological polar surface area (TPSA) is 44.8 Å². The van der Waals surface area contributed by atoms with Crippen molar-refractivity contribution in [1.82, 2.24) is 0 Å². The van der Waals surface area contributed by atoms with Crippen molar-refractivity contribution < 1.29 is 19.0 Å². The van der Waals surface area contributed by atoms with Crippen molar-refractivity contribution in [2.45, 2.75) is 12.5 Å². The highest BCUT2D eigenvalue weighted by Crippen LogP contribution is 2.38. The third kappa shape index (κ3) is 2.68. The highest BCUT2D eigenvalue weighted by Gasteiger charge is 2.28. The van der Waals surface area contributed by atoms with E-state index in [4.69, 9.17) is 14.2 Å². The molecule has 0 aromatic heterocycles. The molecule has 0 radical (unpaired) electrons. The number of fused-ring (bicyclic) bond motifs is 1. The Morgan fingerprint density at radius 2 is 1.95 bits per heavy atom. The minimum absolute atomic E-state index is 0.0529. The average molecular weight is 363 g/mol.